The van der Waals surface area contributed by atoms with Crippen molar-refractivity contribution < 1.29 is 0 Å². The van der Waals surface area contributed by atoms with Crippen LogP contribution in [-0.4, -0.2) is 41.6 Å². The first kappa shape index (κ1) is 14.0. The molecule has 2 atom stereocenters. The Labute approximate surface area is 115 Å². The Kier molecular flexibility index (Phi) is 4.41. The summed E-state index contributed by atoms with van der Waals surface area (Å²) in [7, 11) is 0. The third-order valence-electron chi connectivity index (χ3n) is 3.88. The van der Waals surface area contributed by atoms with E-state index >= 15 is 0 Å². The molecule has 2 unspecified atom stereocenters. The predicted molar refractivity (Wildman–Crippen MR) is 78.1 cm³/mol. The van der Waals surface area contributed by atoms with Crippen LogP contribution in [0.25, 0.3) is 0 Å². The molecule has 102 valence electrons. The lowest BCUT2D eigenvalue weighted by atomic mass is 9.85. The second kappa shape index (κ2) is 5.68. The van der Waals surface area contributed by atoms with E-state index in [1.165, 1.54) is 5.69 Å². The first-order valence-electron chi connectivity index (χ1n) is 6.81. The van der Waals surface area contributed by atoms with Crippen molar-refractivity contribution in [1.29, 1.82) is 0 Å². The highest BCUT2D eigenvalue weighted by atomic mass is 32.1. The number of rotatable bonds is 3. The Morgan fingerprint density at radius 1 is 1.50 bits per heavy atom. The van der Waals surface area contributed by atoms with Crippen molar-refractivity contribution in [3.05, 3.63) is 16.6 Å². The van der Waals surface area contributed by atoms with Gasteiger partial charge in [0.25, 0.3) is 0 Å². The topological polar surface area (TPSA) is 28.2 Å². The van der Waals surface area contributed by atoms with Crippen molar-refractivity contribution in [2.75, 3.05) is 19.6 Å². The van der Waals surface area contributed by atoms with Gasteiger partial charge in [0.1, 0.15) is 0 Å². The van der Waals surface area contributed by atoms with Crippen molar-refractivity contribution in [1.82, 2.24) is 15.2 Å². The van der Waals surface area contributed by atoms with E-state index in [2.05, 4.69) is 48.3 Å². The lowest BCUT2D eigenvalue weighted by molar-refractivity contribution is 0.0946. The number of nitrogens with one attached hydrogen (secondary N) is 1. The molecule has 0 radical (unpaired) electrons. The molecule has 1 N–H and O–H groups in total. The number of aromatic nitrogens is 1. The Morgan fingerprint density at radius 2 is 2.28 bits per heavy atom. The maximum Gasteiger partial charge on any atom is 0.0794 e. The van der Waals surface area contributed by atoms with E-state index in [4.69, 9.17) is 0 Å². The summed E-state index contributed by atoms with van der Waals surface area (Å²) in [6.45, 7) is 12.6. The van der Waals surface area contributed by atoms with Gasteiger partial charge in [-0.25, -0.2) is 4.98 Å². The fourth-order valence-electron chi connectivity index (χ4n) is 2.43. The van der Waals surface area contributed by atoms with Crippen LogP contribution in [-0.2, 0) is 6.42 Å². The van der Waals surface area contributed by atoms with Crippen LogP contribution in [0.2, 0.25) is 0 Å². The van der Waals surface area contributed by atoms with Gasteiger partial charge in [-0.2, -0.15) is 0 Å². The molecule has 18 heavy (non-hydrogen) atoms. The van der Waals surface area contributed by atoms with Gasteiger partial charge in [-0.15, -0.1) is 11.3 Å². The first-order valence-corrected chi connectivity index (χ1v) is 7.75. The molecule has 2 rings (SSSR count). The first-order chi connectivity index (χ1) is 8.47. The molecule has 1 aromatic heterocycles. The van der Waals surface area contributed by atoms with Gasteiger partial charge < -0.3 is 5.32 Å². The lowest BCUT2D eigenvalue weighted by Gasteiger charge is -2.44. The highest BCUT2D eigenvalue weighted by Crippen LogP contribution is 2.23. The minimum Gasteiger partial charge on any atom is -0.311 e. The van der Waals surface area contributed by atoms with Crippen molar-refractivity contribution >= 4 is 11.3 Å². The molecule has 1 fully saturated rings. The average molecular weight is 267 g/mol. The average Bonchev–Trinajstić information content (AvgIpc) is 2.79. The third kappa shape index (κ3) is 3.53. The number of hydrogen-bond donors (Lipinski definition) is 1. The van der Waals surface area contributed by atoms with Crippen LogP contribution in [0.15, 0.2) is 10.9 Å². The summed E-state index contributed by atoms with van der Waals surface area (Å²) in [6.07, 6.45) is 1.07. The summed E-state index contributed by atoms with van der Waals surface area (Å²) in [4.78, 5) is 6.97. The number of nitrogens with zero attached hydrogens (tertiary/aromatic N) is 2. The van der Waals surface area contributed by atoms with Gasteiger partial charge in [0.15, 0.2) is 0 Å². The van der Waals surface area contributed by atoms with Gasteiger partial charge in [-0.3, -0.25) is 4.90 Å². The summed E-state index contributed by atoms with van der Waals surface area (Å²) in [5, 5.41) is 5.84. The largest absolute Gasteiger partial charge is 0.311 e. The maximum atomic E-state index is 4.37. The SMILES string of the molecule is CC1CNC(C(C)(C)C)CN1CCc1cscn1. The molecule has 1 aliphatic heterocycles. The molecular weight excluding hydrogens is 242 g/mol. The Hall–Kier alpha value is -0.450. The normalized spacial score (nSPS) is 26.4. The quantitative estimate of drug-likeness (QED) is 0.911. The van der Waals surface area contributed by atoms with Crippen LogP contribution in [0.3, 0.4) is 0 Å². The van der Waals surface area contributed by atoms with Crippen LogP contribution in [0.1, 0.15) is 33.4 Å². The van der Waals surface area contributed by atoms with Crippen molar-refractivity contribution in [3.63, 3.8) is 0 Å². The summed E-state index contributed by atoms with van der Waals surface area (Å²) < 4.78 is 0. The van der Waals surface area contributed by atoms with Gasteiger partial charge in [0, 0.05) is 43.5 Å². The molecule has 1 saturated heterocycles. The lowest BCUT2D eigenvalue weighted by Crippen LogP contribution is -2.59. The van der Waals surface area contributed by atoms with E-state index in [-0.39, 0.29) is 0 Å². The number of hydrogen-bond acceptors (Lipinski definition) is 4. The zero-order chi connectivity index (χ0) is 13.2. The second-order valence-corrected chi connectivity index (χ2v) is 7.12. The van der Waals surface area contributed by atoms with Crippen LogP contribution >= 0.6 is 11.3 Å². The monoisotopic (exact) mass is 267 g/mol. The molecule has 0 bridgehead atoms. The van der Waals surface area contributed by atoms with E-state index in [0.717, 1.165) is 26.1 Å². The van der Waals surface area contributed by atoms with Gasteiger partial charge in [0.2, 0.25) is 0 Å². The molecule has 0 spiro atoms. The summed E-state index contributed by atoms with van der Waals surface area (Å²) in [5.74, 6) is 0. The van der Waals surface area contributed by atoms with Crippen LogP contribution < -0.4 is 5.32 Å². The van der Waals surface area contributed by atoms with Crippen LogP contribution in [0.4, 0.5) is 0 Å². The maximum absolute atomic E-state index is 4.37. The molecular formula is C14H25N3S. The van der Waals surface area contributed by atoms with E-state index < -0.39 is 0 Å². The second-order valence-electron chi connectivity index (χ2n) is 6.40. The van der Waals surface area contributed by atoms with Crippen molar-refractivity contribution in [2.45, 2.75) is 46.2 Å². The van der Waals surface area contributed by atoms with Gasteiger partial charge >= 0.3 is 0 Å². The van der Waals surface area contributed by atoms with Gasteiger partial charge in [0.05, 0.1) is 11.2 Å². The minimum atomic E-state index is 0.332. The summed E-state index contributed by atoms with van der Waals surface area (Å²) in [6, 6.07) is 1.21. The molecule has 1 aromatic rings. The summed E-state index contributed by atoms with van der Waals surface area (Å²) in [5.41, 5.74) is 3.49. The highest BCUT2D eigenvalue weighted by Gasteiger charge is 2.31. The van der Waals surface area contributed by atoms with E-state index in [9.17, 15) is 0 Å². The predicted octanol–water partition coefficient (Wildman–Crippen LogP) is 2.39. The molecule has 0 saturated carbocycles. The molecule has 1 aliphatic rings. The molecule has 0 amide bonds. The third-order valence-corrected chi connectivity index (χ3v) is 4.52. The number of piperazine rings is 1. The van der Waals surface area contributed by atoms with Crippen molar-refractivity contribution in [2.24, 2.45) is 5.41 Å². The number of thiazole rings is 1. The Balaban J connectivity index is 1.89. The Morgan fingerprint density at radius 3 is 2.89 bits per heavy atom. The highest BCUT2D eigenvalue weighted by molar-refractivity contribution is 7.07. The van der Waals surface area contributed by atoms with E-state index in [1.807, 2.05) is 5.51 Å². The molecule has 2 heterocycles. The zero-order valence-electron chi connectivity index (χ0n) is 11.9. The molecule has 4 heteroatoms. The summed E-state index contributed by atoms with van der Waals surface area (Å²) >= 11 is 1.69. The standard InChI is InChI=1S/C14H25N3S/c1-11-7-15-13(14(2,3)4)8-17(11)6-5-12-9-18-10-16-12/h9-11,13,15H,5-8H2,1-4H3. The zero-order valence-corrected chi connectivity index (χ0v) is 12.8. The molecule has 0 aromatic carbocycles. The van der Waals surface area contributed by atoms with Crippen LogP contribution in [0.5, 0.6) is 0 Å². The van der Waals surface area contributed by atoms with Gasteiger partial charge in [-0.1, -0.05) is 20.8 Å². The van der Waals surface area contributed by atoms with Crippen molar-refractivity contribution in [3.8, 4) is 0 Å². The van der Waals surface area contributed by atoms with Crippen LogP contribution in [0, 0.1) is 5.41 Å². The Bertz CT molecular complexity index is 356. The van der Waals surface area contributed by atoms with E-state index in [1.54, 1.807) is 11.3 Å². The fourth-order valence-corrected chi connectivity index (χ4v) is 3.02. The van der Waals surface area contributed by atoms with Gasteiger partial charge in [-0.05, 0) is 12.3 Å². The fraction of sp³-hybridized carbons (Fsp3) is 0.786. The molecule has 3 nitrogen and oxygen atoms in total. The minimum absolute atomic E-state index is 0.332. The smallest absolute Gasteiger partial charge is 0.0794 e. The molecule has 0 aliphatic carbocycles. The van der Waals surface area contributed by atoms with E-state index in [0.29, 0.717) is 17.5 Å².